The van der Waals surface area contributed by atoms with Crippen molar-refractivity contribution in [1.29, 1.82) is 0 Å². The molecule has 0 aromatic carbocycles. The Morgan fingerprint density at radius 3 is 2.79 bits per heavy atom. The third-order valence-electron chi connectivity index (χ3n) is 3.26. The van der Waals surface area contributed by atoms with Crippen LogP contribution in [-0.2, 0) is 4.79 Å². The predicted octanol–water partition coefficient (Wildman–Crippen LogP) is 0.0339. The Morgan fingerprint density at radius 1 is 1.42 bits per heavy atom. The smallest absolute Gasteiger partial charge is 0.260 e. The number of hydrogen-bond acceptors (Lipinski definition) is 3. The molecule has 2 N–H and O–H groups in total. The van der Waals surface area contributed by atoms with Gasteiger partial charge in [0.1, 0.15) is 5.56 Å². The van der Waals surface area contributed by atoms with E-state index in [-0.39, 0.29) is 17.5 Å². The first kappa shape index (κ1) is 13.3. The van der Waals surface area contributed by atoms with Crippen LogP contribution in [0.3, 0.4) is 0 Å². The molecule has 0 aliphatic carbocycles. The Kier molecular flexibility index (Phi) is 3.69. The molecule has 1 saturated heterocycles. The first-order valence-corrected chi connectivity index (χ1v) is 6.22. The third kappa shape index (κ3) is 3.01. The summed E-state index contributed by atoms with van der Waals surface area (Å²) in [7, 11) is 1.71. The maximum atomic E-state index is 12.0. The summed E-state index contributed by atoms with van der Waals surface area (Å²) in [6.45, 7) is 2.24. The largest absolute Gasteiger partial charge is 0.347 e. The molecule has 2 rings (SSSR count). The highest BCUT2D eigenvalue weighted by molar-refractivity contribution is 5.94. The van der Waals surface area contributed by atoms with Crippen LogP contribution >= 0.6 is 0 Å². The number of likely N-dealkylation sites (tertiary alicyclic amines) is 1. The topological polar surface area (TPSA) is 82.3 Å². The number of aryl methyl sites for hydroxylation is 1. The van der Waals surface area contributed by atoms with Gasteiger partial charge >= 0.3 is 0 Å². The highest BCUT2D eigenvalue weighted by atomic mass is 16.2. The van der Waals surface area contributed by atoms with Crippen molar-refractivity contribution >= 4 is 11.8 Å². The number of H-pyrrole nitrogens is 1. The summed E-state index contributed by atoms with van der Waals surface area (Å²) < 4.78 is 0. The van der Waals surface area contributed by atoms with Crippen LogP contribution in [0.1, 0.15) is 28.9 Å². The number of pyridine rings is 1. The lowest BCUT2D eigenvalue weighted by atomic mass is 10.1. The van der Waals surface area contributed by atoms with E-state index in [1.54, 1.807) is 24.9 Å². The number of hydrogen-bond donors (Lipinski definition) is 2. The van der Waals surface area contributed by atoms with Crippen molar-refractivity contribution in [2.24, 2.45) is 0 Å². The summed E-state index contributed by atoms with van der Waals surface area (Å²) in [5.74, 6) is -0.312. The molecule has 2 heterocycles. The molecular weight excluding hydrogens is 246 g/mol. The lowest BCUT2D eigenvalue weighted by Crippen LogP contribution is -2.49. The van der Waals surface area contributed by atoms with Gasteiger partial charge in [-0.1, -0.05) is 0 Å². The highest BCUT2D eigenvalue weighted by Crippen LogP contribution is 2.10. The Labute approximate surface area is 110 Å². The minimum Gasteiger partial charge on any atom is -0.347 e. The zero-order valence-electron chi connectivity index (χ0n) is 11.0. The molecule has 1 unspecified atom stereocenters. The number of nitrogens with one attached hydrogen (secondary N) is 2. The van der Waals surface area contributed by atoms with Gasteiger partial charge in [-0.05, 0) is 25.5 Å². The molecule has 1 aromatic heterocycles. The Hall–Kier alpha value is -2.11. The molecule has 1 aliphatic rings. The number of rotatable bonds is 2. The first-order valence-electron chi connectivity index (χ1n) is 6.22. The monoisotopic (exact) mass is 263 g/mol. The zero-order chi connectivity index (χ0) is 14.0. The van der Waals surface area contributed by atoms with Crippen molar-refractivity contribution in [1.82, 2.24) is 15.2 Å². The summed E-state index contributed by atoms with van der Waals surface area (Å²) in [5.41, 5.74) is 0.424. The number of piperidine rings is 1. The van der Waals surface area contributed by atoms with Gasteiger partial charge in [0.2, 0.25) is 5.91 Å². The maximum Gasteiger partial charge on any atom is 0.260 e. The molecule has 0 radical (unpaired) electrons. The Bertz CT molecular complexity index is 564. The second-order valence-electron chi connectivity index (χ2n) is 4.87. The van der Waals surface area contributed by atoms with Gasteiger partial charge in [0.25, 0.3) is 11.5 Å². The van der Waals surface area contributed by atoms with Crippen molar-refractivity contribution in [2.75, 3.05) is 13.6 Å². The number of carbonyl (C=O) groups excluding carboxylic acids is 2. The number of aromatic amines is 1. The number of carbonyl (C=O) groups is 2. The number of likely N-dealkylation sites (N-methyl/N-ethyl adjacent to an activating group) is 1. The molecule has 1 aliphatic heterocycles. The first-order chi connectivity index (χ1) is 8.97. The standard InChI is InChI=1S/C13H17N3O3/c1-8-3-5-10(12(18)14-8)13(19)15-9-4-6-11(17)16(2)7-9/h3,5,9H,4,6-7H2,1-2H3,(H,14,18)(H,15,19). The van der Waals surface area contributed by atoms with Gasteiger partial charge in [-0.3, -0.25) is 14.4 Å². The van der Waals surface area contributed by atoms with Crippen molar-refractivity contribution in [2.45, 2.75) is 25.8 Å². The van der Waals surface area contributed by atoms with Gasteiger partial charge in [0.05, 0.1) is 0 Å². The normalized spacial score (nSPS) is 19.4. The second kappa shape index (κ2) is 5.26. The minimum atomic E-state index is -0.394. The molecule has 0 saturated carbocycles. The summed E-state index contributed by atoms with van der Waals surface area (Å²) in [6, 6.07) is 3.10. The summed E-state index contributed by atoms with van der Waals surface area (Å²) in [5, 5.41) is 2.79. The molecule has 0 spiro atoms. The quantitative estimate of drug-likeness (QED) is 0.790. The van der Waals surface area contributed by atoms with E-state index >= 15 is 0 Å². The Balaban J connectivity index is 2.05. The van der Waals surface area contributed by atoms with Crippen molar-refractivity contribution < 1.29 is 9.59 Å². The number of amides is 2. The van der Waals surface area contributed by atoms with Crippen molar-refractivity contribution in [3.8, 4) is 0 Å². The van der Waals surface area contributed by atoms with E-state index in [1.165, 1.54) is 6.07 Å². The molecule has 6 nitrogen and oxygen atoms in total. The molecule has 1 aromatic rings. The zero-order valence-corrected chi connectivity index (χ0v) is 11.0. The van der Waals surface area contributed by atoms with E-state index < -0.39 is 11.5 Å². The Morgan fingerprint density at radius 2 is 2.16 bits per heavy atom. The van der Waals surface area contributed by atoms with Crippen LogP contribution in [0, 0.1) is 6.92 Å². The molecule has 6 heteroatoms. The number of aromatic nitrogens is 1. The summed E-state index contributed by atoms with van der Waals surface area (Å²) in [6.07, 6.45) is 1.03. The summed E-state index contributed by atoms with van der Waals surface area (Å²) in [4.78, 5) is 39.2. The van der Waals surface area contributed by atoms with Gasteiger partial charge in [-0.15, -0.1) is 0 Å². The third-order valence-corrected chi connectivity index (χ3v) is 3.26. The lowest BCUT2D eigenvalue weighted by molar-refractivity contribution is -0.132. The van der Waals surface area contributed by atoms with E-state index in [1.807, 2.05) is 0 Å². The molecule has 2 amide bonds. The fourth-order valence-electron chi connectivity index (χ4n) is 2.14. The van der Waals surface area contributed by atoms with Crippen LogP contribution in [0.4, 0.5) is 0 Å². The average Bonchev–Trinajstić information content (AvgIpc) is 2.33. The SMILES string of the molecule is Cc1ccc(C(=O)NC2CCC(=O)N(C)C2)c(=O)[nH]1. The van der Waals surface area contributed by atoms with Gasteiger partial charge in [0.15, 0.2) is 0 Å². The molecule has 0 bridgehead atoms. The van der Waals surface area contributed by atoms with E-state index in [9.17, 15) is 14.4 Å². The molecule has 1 fully saturated rings. The van der Waals surface area contributed by atoms with Crippen molar-refractivity contribution in [3.05, 3.63) is 33.7 Å². The number of nitrogens with zero attached hydrogens (tertiary/aromatic N) is 1. The van der Waals surface area contributed by atoms with Crippen LogP contribution in [0.2, 0.25) is 0 Å². The molecular formula is C13H17N3O3. The van der Waals surface area contributed by atoms with Crippen LogP contribution < -0.4 is 10.9 Å². The highest BCUT2D eigenvalue weighted by Gasteiger charge is 2.24. The predicted molar refractivity (Wildman–Crippen MR) is 69.9 cm³/mol. The van der Waals surface area contributed by atoms with Gasteiger partial charge in [0, 0.05) is 31.7 Å². The fourth-order valence-corrected chi connectivity index (χ4v) is 2.14. The van der Waals surface area contributed by atoms with Crippen LogP contribution in [0.5, 0.6) is 0 Å². The van der Waals surface area contributed by atoms with Crippen molar-refractivity contribution in [3.63, 3.8) is 0 Å². The molecule has 1 atom stereocenters. The average molecular weight is 263 g/mol. The van der Waals surface area contributed by atoms with Crippen LogP contribution in [-0.4, -0.2) is 41.3 Å². The molecule has 102 valence electrons. The minimum absolute atomic E-state index is 0.0821. The van der Waals surface area contributed by atoms with Gasteiger partial charge in [-0.25, -0.2) is 0 Å². The van der Waals surface area contributed by atoms with E-state index in [2.05, 4.69) is 10.3 Å². The fraction of sp³-hybridized carbons (Fsp3) is 0.462. The van der Waals surface area contributed by atoms with E-state index in [4.69, 9.17) is 0 Å². The van der Waals surface area contributed by atoms with Gasteiger partial charge in [-0.2, -0.15) is 0 Å². The van der Waals surface area contributed by atoms with Gasteiger partial charge < -0.3 is 15.2 Å². The second-order valence-corrected chi connectivity index (χ2v) is 4.87. The van der Waals surface area contributed by atoms with Crippen LogP contribution in [0.25, 0.3) is 0 Å². The maximum absolute atomic E-state index is 12.0. The van der Waals surface area contributed by atoms with Crippen LogP contribution in [0.15, 0.2) is 16.9 Å². The molecule has 19 heavy (non-hydrogen) atoms. The summed E-state index contributed by atoms with van der Waals surface area (Å²) >= 11 is 0. The lowest BCUT2D eigenvalue weighted by Gasteiger charge is -2.30. The van der Waals surface area contributed by atoms with E-state index in [0.29, 0.717) is 25.1 Å². The van der Waals surface area contributed by atoms with E-state index in [0.717, 1.165) is 0 Å².